The van der Waals surface area contributed by atoms with Gasteiger partial charge in [0.05, 0.1) is 11.4 Å². The van der Waals surface area contributed by atoms with E-state index in [-0.39, 0.29) is 23.8 Å². The quantitative estimate of drug-likeness (QED) is 0.692. The molecule has 1 amide bonds. The molecular formula is C26H35N3O2. The predicted octanol–water partition coefficient (Wildman–Crippen LogP) is 4.46. The van der Waals surface area contributed by atoms with Crippen LogP contribution in [0.15, 0.2) is 30.5 Å². The summed E-state index contributed by atoms with van der Waals surface area (Å²) in [5, 5.41) is 1.19. The second-order valence-corrected chi connectivity index (χ2v) is 9.45. The van der Waals surface area contributed by atoms with E-state index in [9.17, 15) is 9.59 Å². The fraction of sp³-hybridized carbons (Fsp3) is 0.538. The molecule has 0 saturated heterocycles. The number of hydrogen-bond acceptors (Lipinski definition) is 3. The van der Waals surface area contributed by atoms with Crippen LogP contribution < -0.4 is 0 Å². The van der Waals surface area contributed by atoms with Crippen molar-refractivity contribution < 1.29 is 9.59 Å². The van der Waals surface area contributed by atoms with Crippen molar-refractivity contribution in [1.29, 1.82) is 0 Å². The van der Waals surface area contributed by atoms with E-state index in [1.807, 2.05) is 29.4 Å². The van der Waals surface area contributed by atoms with E-state index in [0.717, 1.165) is 38.0 Å². The van der Waals surface area contributed by atoms with Crippen LogP contribution in [0.3, 0.4) is 0 Å². The van der Waals surface area contributed by atoms with Crippen molar-refractivity contribution in [3.05, 3.63) is 41.6 Å². The fourth-order valence-electron chi connectivity index (χ4n) is 5.22. The summed E-state index contributed by atoms with van der Waals surface area (Å²) in [6, 6.07) is 6.51. The van der Waals surface area contributed by atoms with Crippen LogP contribution in [0, 0.1) is 11.8 Å². The zero-order valence-corrected chi connectivity index (χ0v) is 19.5. The highest BCUT2D eigenvalue weighted by Crippen LogP contribution is 2.42. The molecule has 5 nitrogen and oxygen atoms in total. The van der Waals surface area contributed by atoms with E-state index in [0.29, 0.717) is 12.3 Å². The molecule has 0 spiro atoms. The molecule has 4 rings (SSSR count). The van der Waals surface area contributed by atoms with Crippen molar-refractivity contribution in [2.24, 2.45) is 11.8 Å². The Labute approximate surface area is 185 Å². The molecule has 2 atom stereocenters. The number of nitrogens with zero attached hydrogens (tertiary/aromatic N) is 3. The third-order valence-corrected chi connectivity index (χ3v) is 6.99. The molecule has 5 heteroatoms. The Morgan fingerprint density at radius 1 is 1.19 bits per heavy atom. The van der Waals surface area contributed by atoms with Gasteiger partial charge in [0.1, 0.15) is 0 Å². The number of aromatic nitrogens is 1. The maximum atomic E-state index is 13.1. The van der Waals surface area contributed by atoms with Crippen LogP contribution in [0.2, 0.25) is 0 Å². The summed E-state index contributed by atoms with van der Waals surface area (Å²) in [6.07, 6.45) is 6.62. The van der Waals surface area contributed by atoms with Crippen LogP contribution in [0.1, 0.15) is 56.5 Å². The van der Waals surface area contributed by atoms with E-state index in [4.69, 9.17) is 0 Å². The van der Waals surface area contributed by atoms with Crippen LogP contribution in [0.4, 0.5) is 0 Å². The summed E-state index contributed by atoms with van der Waals surface area (Å²) < 4.78 is 1.87. The van der Waals surface area contributed by atoms with Crippen molar-refractivity contribution in [3.8, 4) is 0 Å². The molecule has 2 aromatic rings. The Morgan fingerprint density at radius 2 is 1.94 bits per heavy atom. The van der Waals surface area contributed by atoms with E-state index >= 15 is 0 Å². The number of rotatable bonds is 6. The van der Waals surface area contributed by atoms with Crippen molar-refractivity contribution in [1.82, 2.24) is 14.4 Å². The third-order valence-electron chi connectivity index (χ3n) is 6.99. The number of fused-ring (bicyclic) bond motifs is 2. The highest BCUT2D eigenvalue weighted by Gasteiger charge is 2.37. The molecule has 0 bridgehead atoms. The second kappa shape index (κ2) is 8.62. The topological polar surface area (TPSA) is 45.6 Å². The van der Waals surface area contributed by atoms with Crippen LogP contribution in [-0.2, 0) is 11.2 Å². The van der Waals surface area contributed by atoms with Gasteiger partial charge in [-0.15, -0.1) is 0 Å². The fourth-order valence-corrected chi connectivity index (χ4v) is 5.22. The first-order chi connectivity index (χ1) is 14.8. The van der Waals surface area contributed by atoms with E-state index < -0.39 is 0 Å². The molecule has 166 valence electrons. The molecule has 0 saturated carbocycles. The molecule has 31 heavy (non-hydrogen) atoms. The van der Waals surface area contributed by atoms with E-state index in [1.165, 1.54) is 22.1 Å². The van der Waals surface area contributed by atoms with Crippen LogP contribution in [0.25, 0.3) is 16.5 Å². The van der Waals surface area contributed by atoms with Gasteiger partial charge in [-0.3, -0.25) is 19.1 Å². The van der Waals surface area contributed by atoms with Crippen LogP contribution >= 0.6 is 0 Å². The first-order valence-electron chi connectivity index (χ1n) is 11.7. The molecule has 1 aliphatic carbocycles. The molecule has 1 aromatic heterocycles. The van der Waals surface area contributed by atoms with Gasteiger partial charge < -0.3 is 4.90 Å². The average Bonchev–Trinajstić information content (AvgIpc) is 3.13. The number of amides is 1. The van der Waals surface area contributed by atoms with Gasteiger partial charge in [-0.25, -0.2) is 0 Å². The molecule has 0 N–H and O–H groups in total. The van der Waals surface area contributed by atoms with Gasteiger partial charge >= 0.3 is 0 Å². The minimum absolute atomic E-state index is 0.122. The van der Waals surface area contributed by atoms with Crippen molar-refractivity contribution >= 4 is 28.3 Å². The Balaban J connectivity index is 1.76. The van der Waals surface area contributed by atoms with Gasteiger partial charge in [0, 0.05) is 43.7 Å². The van der Waals surface area contributed by atoms with Gasteiger partial charge in [-0.2, -0.15) is 0 Å². The summed E-state index contributed by atoms with van der Waals surface area (Å²) in [5.41, 5.74) is 4.67. The SMILES string of the molecule is CCN(CC)C(=O)[C@@H]1C=C2c3cccc4c3c(cn4C(=O)CCC(C)C)C[C@H]2N(C)C1. The first-order valence-corrected chi connectivity index (χ1v) is 11.7. The lowest BCUT2D eigenvalue weighted by atomic mass is 9.79. The molecule has 0 radical (unpaired) electrons. The number of carbonyl (C=O) groups is 2. The standard InChI is InChI=1S/C26H35N3O2/c1-6-28(7-2)26(31)19-13-21-20-9-8-10-22-25(20)18(14-23(21)27(5)15-19)16-29(22)24(30)12-11-17(3)4/h8-10,13,16-17,19,23H,6-7,11-12,14-15H2,1-5H3/t19-,23-/m1/s1. The normalized spacial score (nSPS) is 20.6. The van der Waals surface area contributed by atoms with E-state index in [1.54, 1.807) is 0 Å². The second-order valence-electron chi connectivity index (χ2n) is 9.45. The Hall–Kier alpha value is -2.40. The van der Waals surface area contributed by atoms with Crippen LogP contribution in [-0.4, -0.2) is 58.9 Å². The summed E-state index contributed by atoms with van der Waals surface area (Å²) >= 11 is 0. The van der Waals surface area contributed by atoms with Gasteiger partial charge in [-0.1, -0.05) is 32.1 Å². The molecule has 2 heterocycles. The zero-order chi connectivity index (χ0) is 22.3. The molecule has 1 aliphatic heterocycles. The number of carbonyl (C=O) groups excluding carboxylic acids is 2. The van der Waals surface area contributed by atoms with Crippen molar-refractivity contribution in [2.75, 3.05) is 26.7 Å². The van der Waals surface area contributed by atoms with Gasteiger partial charge in [0.15, 0.2) is 0 Å². The van der Waals surface area contributed by atoms with Crippen LogP contribution in [0.5, 0.6) is 0 Å². The first kappa shape index (κ1) is 21.8. The average molecular weight is 422 g/mol. The molecular weight excluding hydrogens is 386 g/mol. The largest absolute Gasteiger partial charge is 0.343 e. The monoisotopic (exact) mass is 421 g/mol. The van der Waals surface area contributed by atoms with Gasteiger partial charge in [0.2, 0.25) is 11.8 Å². The lowest BCUT2D eigenvalue weighted by molar-refractivity contribution is -0.134. The van der Waals surface area contributed by atoms with E-state index in [2.05, 4.69) is 50.2 Å². The van der Waals surface area contributed by atoms with Crippen molar-refractivity contribution in [2.45, 2.75) is 53.0 Å². The Bertz CT molecular complexity index is 1030. The maximum absolute atomic E-state index is 13.1. The third kappa shape index (κ3) is 3.84. The summed E-state index contributed by atoms with van der Waals surface area (Å²) in [5.74, 6) is 0.771. The number of likely N-dealkylation sites (N-methyl/N-ethyl adjacent to an activating group) is 1. The minimum atomic E-state index is -0.122. The summed E-state index contributed by atoms with van der Waals surface area (Å²) in [4.78, 5) is 30.3. The Kier molecular flexibility index (Phi) is 6.07. The maximum Gasteiger partial charge on any atom is 0.231 e. The van der Waals surface area contributed by atoms with Crippen molar-refractivity contribution in [3.63, 3.8) is 0 Å². The lowest BCUT2D eigenvalue weighted by Gasteiger charge is -2.40. The Morgan fingerprint density at radius 3 is 2.61 bits per heavy atom. The summed E-state index contributed by atoms with van der Waals surface area (Å²) in [7, 11) is 2.12. The number of benzene rings is 1. The predicted molar refractivity (Wildman–Crippen MR) is 126 cm³/mol. The molecule has 0 fully saturated rings. The highest BCUT2D eigenvalue weighted by atomic mass is 16.2. The lowest BCUT2D eigenvalue weighted by Crippen LogP contribution is -2.47. The van der Waals surface area contributed by atoms with Gasteiger partial charge in [-0.05, 0) is 62.4 Å². The zero-order valence-electron chi connectivity index (χ0n) is 19.5. The smallest absolute Gasteiger partial charge is 0.231 e. The molecule has 2 aliphatic rings. The summed E-state index contributed by atoms with van der Waals surface area (Å²) in [6.45, 7) is 10.6. The molecule has 1 aromatic carbocycles. The minimum Gasteiger partial charge on any atom is -0.343 e. The highest BCUT2D eigenvalue weighted by molar-refractivity contribution is 6.03. The van der Waals surface area contributed by atoms with Gasteiger partial charge in [0.25, 0.3) is 0 Å². The molecule has 0 unspecified atom stereocenters. The number of hydrogen-bond donors (Lipinski definition) is 0.